The van der Waals surface area contributed by atoms with Crippen LogP contribution in [0.5, 0.6) is 5.75 Å². The molecule has 1 N–H and O–H groups in total. The van der Waals surface area contributed by atoms with Crippen LogP contribution in [-0.2, 0) is 9.53 Å². The number of hydrogen-bond donors (Lipinski definition) is 1. The molecule has 0 heterocycles. The van der Waals surface area contributed by atoms with Gasteiger partial charge in [0.1, 0.15) is 12.3 Å². The highest BCUT2D eigenvalue weighted by Crippen LogP contribution is 2.24. The summed E-state index contributed by atoms with van der Waals surface area (Å²) in [6.07, 6.45) is 0. The molecule has 4 heteroatoms. The van der Waals surface area contributed by atoms with Crippen LogP contribution in [0.1, 0.15) is 12.5 Å². The zero-order valence-corrected chi connectivity index (χ0v) is 9.86. The summed E-state index contributed by atoms with van der Waals surface area (Å²) < 4.78 is 4.63. The van der Waals surface area contributed by atoms with Gasteiger partial charge < -0.3 is 14.7 Å². The predicted octanol–water partition coefficient (Wildman–Crippen LogP) is 1.70. The number of benzene rings is 1. The molecule has 0 atom stereocenters. The van der Waals surface area contributed by atoms with Gasteiger partial charge in [0.2, 0.25) is 0 Å². The molecule has 0 aromatic heterocycles. The molecule has 0 amide bonds. The number of methoxy groups -OCH3 is 1. The van der Waals surface area contributed by atoms with E-state index in [1.165, 1.54) is 7.11 Å². The van der Waals surface area contributed by atoms with Crippen molar-refractivity contribution >= 4 is 11.7 Å². The number of carbonyl (C=O) groups is 1. The quantitative estimate of drug-likeness (QED) is 0.789. The second kappa shape index (κ2) is 5.39. The lowest BCUT2D eigenvalue weighted by Gasteiger charge is -2.23. The molecule has 0 bridgehead atoms. The van der Waals surface area contributed by atoms with Crippen LogP contribution in [0.2, 0.25) is 0 Å². The Bertz CT molecular complexity index is 377. The van der Waals surface area contributed by atoms with E-state index in [2.05, 4.69) is 4.74 Å². The number of aromatic hydroxyl groups is 1. The van der Waals surface area contributed by atoms with Crippen molar-refractivity contribution < 1.29 is 14.6 Å². The number of aryl methyl sites for hydroxylation is 1. The smallest absolute Gasteiger partial charge is 0.325 e. The summed E-state index contributed by atoms with van der Waals surface area (Å²) in [5.41, 5.74) is 1.87. The van der Waals surface area contributed by atoms with Crippen LogP contribution >= 0.6 is 0 Å². The standard InChI is InChI=1S/C12H17NO3/c1-4-13(8-12(15)16-3)11-7-10(14)6-5-9(11)2/h5-7,14H,4,8H2,1-3H3. The first kappa shape index (κ1) is 12.4. The van der Waals surface area contributed by atoms with Gasteiger partial charge in [-0.1, -0.05) is 6.07 Å². The van der Waals surface area contributed by atoms with Crippen LogP contribution in [-0.4, -0.2) is 31.3 Å². The van der Waals surface area contributed by atoms with Crippen molar-refractivity contribution in [2.75, 3.05) is 25.1 Å². The van der Waals surface area contributed by atoms with Crippen LogP contribution in [0.4, 0.5) is 5.69 Å². The average molecular weight is 223 g/mol. The lowest BCUT2D eigenvalue weighted by molar-refractivity contribution is -0.138. The van der Waals surface area contributed by atoms with Crippen molar-refractivity contribution in [1.82, 2.24) is 0 Å². The van der Waals surface area contributed by atoms with Crippen molar-refractivity contribution in [3.8, 4) is 5.75 Å². The molecule has 0 spiro atoms. The van der Waals surface area contributed by atoms with Crippen molar-refractivity contribution in [3.63, 3.8) is 0 Å². The number of nitrogens with zero attached hydrogens (tertiary/aromatic N) is 1. The number of ether oxygens (including phenoxy) is 1. The van der Waals surface area contributed by atoms with Crippen LogP contribution in [0.25, 0.3) is 0 Å². The molecule has 0 aliphatic carbocycles. The highest BCUT2D eigenvalue weighted by Gasteiger charge is 2.12. The Balaban J connectivity index is 2.94. The molecule has 88 valence electrons. The van der Waals surface area contributed by atoms with Gasteiger partial charge in [0.15, 0.2) is 0 Å². The molecule has 0 saturated carbocycles. The van der Waals surface area contributed by atoms with Crippen LogP contribution in [0.3, 0.4) is 0 Å². The summed E-state index contributed by atoms with van der Waals surface area (Å²) in [5.74, 6) is -0.0893. The number of hydrogen-bond acceptors (Lipinski definition) is 4. The average Bonchev–Trinajstić information content (AvgIpc) is 2.29. The number of carbonyl (C=O) groups excluding carboxylic acids is 1. The van der Waals surface area contributed by atoms with Gasteiger partial charge in [-0.3, -0.25) is 4.79 Å². The topological polar surface area (TPSA) is 49.8 Å². The lowest BCUT2D eigenvalue weighted by Crippen LogP contribution is -2.30. The van der Waals surface area contributed by atoms with Gasteiger partial charge in [0.25, 0.3) is 0 Å². The maximum Gasteiger partial charge on any atom is 0.325 e. The largest absolute Gasteiger partial charge is 0.508 e. The van der Waals surface area contributed by atoms with Gasteiger partial charge in [-0.25, -0.2) is 0 Å². The van der Waals surface area contributed by atoms with Crippen molar-refractivity contribution in [3.05, 3.63) is 23.8 Å². The molecule has 0 unspecified atom stereocenters. The minimum absolute atomic E-state index is 0.192. The number of anilines is 1. The number of esters is 1. The highest BCUT2D eigenvalue weighted by molar-refractivity contribution is 5.76. The maximum atomic E-state index is 11.2. The summed E-state index contributed by atoms with van der Waals surface area (Å²) in [7, 11) is 1.37. The second-order valence-electron chi connectivity index (χ2n) is 3.56. The minimum Gasteiger partial charge on any atom is -0.508 e. The number of rotatable bonds is 4. The number of phenolic OH excluding ortho intramolecular Hbond substituents is 1. The molecular formula is C12H17NO3. The molecule has 4 nitrogen and oxygen atoms in total. The molecule has 0 aliphatic heterocycles. The maximum absolute atomic E-state index is 11.2. The van der Waals surface area contributed by atoms with Crippen molar-refractivity contribution in [1.29, 1.82) is 0 Å². The third-order valence-electron chi connectivity index (χ3n) is 2.46. The molecule has 16 heavy (non-hydrogen) atoms. The molecule has 1 rings (SSSR count). The summed E-state index contributed by atoms with van der Waals surface area (Å²) in [5, 5.41) is 9.43. The Hall–Kier alpha value is -1.71. The fourth-order valence-corrected chi connectivity index (χ4v) is 1.53. The van der Waals surface area contributed by atoms with Gasteiger partial charge in [-0.15, -0.1) is 0 Å². The van der Waals surface area contributed by atoms with E-state index in [0.717, 1.165) is 11.3 Å². The zero-order valence-electron chi connectivity index (χ0n) is 9.86. The first-order valence-corrected chi connectivity index (χ1v) is 5.19. The molecule has 0 saturated heterocycles. The molecule has 1 aromatic carbocycles. The molecule has 1 aromatic rings. The Morgan fingerprint density at radius 3 is 2.75 bits per heavy atom. The fraction of sp³-hybridized carbons (Fsp3) is 0.417. The Kier molecular flexibility index (Phi) is 4.17. The first-order valence-electron chi connectivity index (χ1n) is 5.19. The van der Waals surface area contributed by atoms with E-state index in [0.29, 0.717) is 6.54 Å². The monoisotopic (exact) mass is 223 g/mol. The molecule has 0 fully saturated rings. The summed E-state index contributed by atoms with van der Waals surface area (Å²) in [4.78, 5) is 13.1. The van der Waals surface area contributed by atoms with E-state index in [1.807, 2.05) is 24.8 Å². The van der Waals surface area contributed by atoms with Gasteiger partial charge >= 0.3 is 5.97 Å². The van der Waals surface area contributed by atoms with Gasteiger partial charge in [-0.05, 0) is 25.5 Å². The van der Waals surface area contributed by atoms with Gasteiger partial charge in [0.05, 0.1) is 7.11 Å². The SMILES string of the molecule is CCN(CC(=O)OC)c1cc(O)ccc1C. The fourth-order valence-electron chi connectivity index (χ4n) is 1.53. The first-order chi connectivity index (χ1) is 7.58. The third-order valence-corrected chi connectivity index (χ3v) is 2.46. The Morgan fingerprint density at radius 2 is 2.19 bits per heavy atom. The van der Waals surface area contributed by atoms with E-state index in [1.54, 1.807) is 12.1 Å². The normalized spacial score (nSPS) is 9.94. The minimum atomic E-state index is -0.287. The molecule has 0 aliphatic rings. The number of likely N-dealkylation sites (N-methyl/N-ethyl adjacent to an activating group) is 1. The number of phenols is 1. The van der Waals surface area contributed by atoms with E-state index in [-0.39, 0.29) is 18.3 Å². The zero-order chi connectivity index (χ0) is 12.1. The molecular weight excluding hydrogens is 206 g/mol. The summed E-state index contributed by atoms with van der Waals surface area (Å²) in [6.45, 7) is 4.76. The van der Waals surface area contributed by atoms with Gasteiger partial charge in [-0.2, -0.15) is 0 Å². The Morgan fingerprint density at radius 1 is 1.50 bits per heavy atom. The van der Waals surface area contributed by atoms with Crippen LogP contribution < -0.4 is 4.90 Å². The van der Waals surface area contributed by atoms with E-state index in [9.17, 15) is 9.90 Å². The van der Waals surface area contributed by atoms with Crippen molar-refractivity contribution in [2.45, 2.75) is 13.8 Å². The lowest BCUT2D eigenvalue weighted by atomic mass is 10.1. The van der Waals surface area contributed by atoms with E-state index < -0.39 is 0 Å². The summed E-state index contributed by atoms with van der Waals surface area (Å²) >= 11 is 0. The van der Waals surface area contributed by atoms with E-state index >= 15 is 0 Å². The predicted molar refractivity (Wildman–Crippen MR) is 62.7 cm³/mol. The second-order valence-corrected chi connectivity index (χ2v) is 3.56. The van der Waals surface area contributed by atoms with Gasteiger partial charge in [0, 0.05) is 18.3 Å². The highest BCUT2D eigenvalue weighted by atomic mass is 16.5. The third kappa shape index (κ3) is 2.89. The van der Waals surface area contributed by atoms with Crippen LogP contribution in [0, 0.1) is 6.92 Å². The molecule has 0 radical (unpaired) electrons. The van der Waals surface area contributed by atoms with E-state index in [4.69, 9.17) is 0 Å². The van der Waals surface area contributed by atoms with Crippen LogP contribution in [0.15, 0.2) is 18.2 Å². The Labute approximate surface area is 95.5 Å². The summed E-state index contributed by atoms with van der Waals surface area (Å²) in [6, 6.07) is 5.11. The van der Waals surface area contributed by atoms with Crippen molar-refractivity contribution in [2.24, 2.45) is 0 Å².